The zero-order chi connectivity index (χ0) is 18.3. The molecule has 1 aromatic rings. The van der Waals surface area contributed by atoms with Gasteiger partial charge in [-0.15, -0.1) is 0 Å². The van der Waals surface area contributed by atoms with Crippen LogP contribution >= 0.6 is 0 Å². The minimum Gasteiger partial charge on any atom is -0.493 e. The summed E-state index contributed by atoms with van der Waals surface area (Å²) in [6, 6.07) is 4.89. The molecule has 1 rings (SSSR count). The van der Waals surface area contributed by atoms with Crippen LogP contribution in [-0.4, -0.2) is 47.4 Å². The monoisotopic (exact) mass is 358 g/mol. The second-order valence-corrected chi connectivity index (χ2v) is 7.41. The Balaban J connectivity index is 2.97. The molecule has 0 aliphatic carbocycles. The first kappa shape index (κ1) is 20.1. The molecule has 24 heavy (non-hydrogen) atoms. The molecule has 0 aliphatic rings. The zero-order valence-corrected chi connectivity index (χ0v) is 15.6. The fraction of sp³-hybridized carbons (Fsp3) is 0.562. The fourth-order valence-corrected chi connectivity index (χ4v) is 3.04. The molecule has 1 aromatic carbocycles. The first-order valence-electron chi connectivity index (χ1n) is 7.72. The average Bonchev–Trinajstić information content (AvgIpc) is 2.53. The Labute approximate surface area is 144 Å². The van der Waals surface area contributed by atoms with Crippen molar-refractivity contribution in [1.82, 2.24) is 5.32 Å². The van der Waals surface area contributed by atoms with Gasteiger partial charge in [-0.25, -0.2) is 8.42 Å². The van der Waals surface area contributed by atoms with E-state index in [0.29, 0.717) is 17.2 Å². The summed E-state index contributed by atoms with van der Waals surface area (Å²) in [5.41, 5.74) is 0.423. The van der Waals surface area contributed by atoms with Gasteiger partial charge in [-0.2, -0.15) is 0 Å². The molecule has 8 heteroatoms. The van der Waals surface area contributed by atoms with Crippen molar-refractivity contribution in [1.29, 1.82) is 0 Å². The lowest BCUT2D eigenvalue weighted by atomic mass is 10.2. The topological polar surface area (TPSA) is 84.9 Å². The van der Waals surface area contributed by atoms with Crippen molar-refractivity contribution in [2.45, 2.75) is 32.7 Å². The molecule has 0 aromatic heterocycles. The quantitative estimate of drug-likeness (QED) is 0.727. The van der Waals surface area contributed by atoms with E-state index in [1.54, 1.807) is 18.2 Å². The van der Waals surface area contributed by atoms with Gasteiger partial charge in [0.05, 0.1) is 26.2 Å². The lowest BCUT2D eigenvalue weighted by Gasteiger charge is -2.23. The fourth-order valence-electron chi connectivity index (χ4n) is 2.12. The second kappa shape index (κ2) is 8.77. The van der Waals surface area contributed by atoms with E-state index in [-0.39, 0.29) is 24.9 Å². The molecule has 0 aliphatic heterocycles. The Morgan fingerprint density at radius 2 is 1.88 bits per heavy atom. The van der Waals surface area contributed by atoms with E-state index in [2.05, 4.69) is 5.32 Å². The molecule has 0 heterocycles. The summed E-state index contributed by atoms with van der Waals surface area (Å²) in [6.07, 6.45) is 2.00. The lowest BCUT2D eigenvalue weighted by Crippen LogP contribution is -2.37. The van der Waals surface area contributed by atoms with E-state index in [9.17, 15) is 13.2 Å². The normalized spacial score (nSPS) is 12.4. The third-order valence-corrected chi connectivity index (χ3v) is 4.81. The molecule has 7 nitrogen and oxygen atoms in total. The molecule has 1 atom stereocenters. The van der Waals surface area contributed by atoms with Crippen LogP contribution in [0.5, 0.6) is 11.5 Å². The Kier molecular flexibility index (Phi) is 7.34. The maximum atomic E-state index is 12.1. The number of carbonyl (C=O) groups excluding carboxylic acids is 1. The summed E-state index contributed by atoms with van der Waals surface area (Å²) < 4.78 is 35.7. The summed E-state index contributed by atoms with van der Waals surface area (Å²) in [7, 11) is -0.552. The highest BCUT2D eigenvalue weighted by Crippen LogP contribution is 2.32. The van der Waals surface area contributed by atoms with Crippen LogP contribution in [0.1, 0.15) is 26.7 Å². The molecule has 1 unspecified atom stereocenters. The van der Waals surface area contributed by atoms with Crippen molar-refractivity contribution in [2.75, 3.05) is 31.3 Å². The highest BCUT2D eigenvalue weighted by molar-refractivity contribution is 7.92. The van der Waals surface area contributed by atoms with Crippen molar-refractivity contribution in [3.05, 3.63) is 18.2 Å². The van der Waals surface area contributed by atoms with Gasteiger partial charge in [-0.3, -0.25) is 9.10 Å². The van der Waals surface area contributed by atoms with E-state index >= 15 is 0 Å². The van der Waals surface area contributed by atoms with Crippen LogP contribution in [0.4, 0.5) is 5.69 Å². The smallest absolute Gasteiger partial charge is 0.232 e. The molecule has 0 saturated heterocycles. The van der Waals surface area contributed by atoms with Gasteiger partial charge < -0.3 is 14.8 Å². The molecular formula is C16H26N2O5S. The zero-order valence-electron chi connectivity index (χ0n) is 14.8. The molecular weight excluding hydrogens is 332 g/mol. The van der Waals surface area contributed by atoms with Crippen molar-refractivity contribution in [2.24, 2.45) is 0 Å². The van der Waals surface area contributed by atoms with Crippen LogP contribution in [0.15, 0.2) is 18.2 Å². The standard InChI is InChI=1S/C16H26N2O5S/c1-6-12(2)17-16(19)9-10-18(24(5,20)21)13-7-8-14(22-3)15(11-13)23-4/h7-8,11-12H,6,9-10H2,1-5H3,(H,17,19). The molecule has 0 radical (unpaired) electrons. The lowest BCUT2D eigenvalue weighted by molar-refractivity contribution is -0.121. The summed E-state index contributed by atoms with van der Waals surface area (Å²) in [6.45, 7) is 3.93. The summed E-state index contributed by atoms with van der Waals surface area (Å²) in [5, 5.41) is 2.82. The number of benzene rings is 1. The molecule has 0 fully saturated rings. The van der Waals surface area contributed by atoms with Crippen LogP contribution < -0.4 is 19.1 Å². The van der Waals surface area contributed by atoms with Gasteiger partial charge in [0.15, 0.2) is 11.5 Å². The van der Waals surface area contributed by atoms with Crippen molar-refractivity contribution in [3.63, 3.8) is 0 Å². The van der Waals surface area contributed by atoms with Gasteiger partial charge >= 0.3 is 0 Å². The van der Waals surface area contributed by atoms with Crippen LogP contribution in [0.25, 0.3) is 0 Å². The van der Waals surface area contributed by atoms with Crippen LogP contribution in [0.3, 0.4) is 0 Å². The number of ether oxygens (including phenoxy) is 2. The van der Waals surface area contributed by atoms with Crippen molar-refractivity contribution >= 4 is 21.6 Å². The SMILES string of the molecule is CCC(C)NC(=O)CCN(c1ccc(OC)c(OC)c1)S(C)(=O)=O. The first-order chi connectivity index (χ1) is 11.2. The van der Waals surface area contributed by atoms with Gasteiger partial charge in [-0.1, -0.05) is 6.92 Å². The highest BCUT2D eigenvalue weighted by Gasteiger charge is 2.20. The number of nitrogens with zero attached hydrogens (tertiary/aromatic N) is 1. The molecule has 0 bridgehead atoms. The predicted octanol–water partition coefficient (Wildman–Crippen LogP) is 1.77. The molecule has 136 valence electrons. The number of sulfonamides is 1. The third-order valence-electron chi connectivity index (χ3n) is 3.62. The van der Waals surface area contributed by atoms with Crippen LogP contribution in [0, 0.1) is 0 Å². The third kappa shape index (κ3) is 5.59. The first-order valence-corrected chi connectivity index (χ1v) is 9.56. The van der Waals surface area contributed by atoms with Gasteiger partial charge in [0.1, 0.15) is 0 Å². The summed E-state index contributed by atoms with van der Waals surface area (Å²) in [5.74, 6) is 0.746. The second-order valence-electron chi connectivity index (χ2n) is 5.50. The number of methoxy groups -OCH3 is 2. The van der Waals surface area contributed by atoms with Gasteiger partial charge in [0, 0.05) is 25.1 Å². The predicted molar refractivity (Wildman–Crippen MR) is 94.2 cm³/mol. The van der Waals surface area contributed by atoms with Crippen molar-refractivity contribution in [3.8, 4) is 11.5 Å². The Morgan fingerprint density at radius 1 is 1.25 bits per heavy atom. The molecule has 1 N–H and O–H groups in total. The largest absolute Gasteiger partial charge is 0.493 e. The summed E-state index contributed by atoms with van der Waals surface area (Å²) >= 11 is 0. The van der Waals surface area contributed by atoms with Gasteiger partial charge in [0.2, 0.25) is 15.9 Å². The maximum absolute atomic E-state index is 12.1. The number of hydrogen-bond acceptors (Lipinski definition) is 5. The average molecular weight is 358 g/mol. The number of rotatable bonds is 9. The Bertz CT molecular complexity index is 660. The number of amides is 1. The number of hydrogen-bond donors (Lipinski definition) is 1. The molecule has 0 spiro atoms. The minimum absolute atomic E-state index is 0.0522. The maximum Gasteiger partial charge on any atom is 0.232 e. The van der Waals surface area contributed by atoms with Crippen LogP contribution in [-0.2, 0) is 14.8 Å². The van der Waals surface area contributed by atoms with Crippen LogP contribution in [0.2, 0.25) is 0 Å². The molecule has 1 amide bonds. The minimum atomic E-state index is -3.54. The molecule has 0 saturated carbocycles. The van der Waals surface area contributed by atoms with Crippen molar-refractivity contribution < 1.29 is 22.7 Å². The van der Waals surface area contributed by atoms with Gasteiger partial charge in [-0.05, 0) is 25.5 Å². The Morgan fingerprint density at radius 3 is 2.38 bits per heavy atom. The van der Waals surface area contributed by atoms with E-state index in [4.69, 9.17) is 9.47 Å². The van der Waals surface area contributed by atoms with E-state index in [1.165, 1.54) is 18.5 Å². The summed E-state index contributed by atoms with van der Waals surface area (Å²) in [4.78, 5) is 11.9. The number of anilines is 1. The van der Waals surface area contributed by atoms with E-state index in [0.717, 1.165) is 12.7 Å². The van der Waals surface area contributed by atoms with Gasteiger partial charge in [0.25, 0.3) is 0 Å². The Hall–Kier alpha value is -1.96. The van der Waals surface area contributed by atoms with E-state index in [1.807, 2.05) is 13.8 Å². The number of carbonyl (C=O) groups is 1. The van der Waals surface area contributed by atoms with E-state index < -0.39 is 10.0 Å². The highest BCUT2D eigenvalue weighted by atomic mass is 32.2. The number of nitrogens with one attached hydrogen (secondary N) is 1.